The summed E-state index contributed by atoms with van der Waals surface area (Å²) >= 11 is 0. The monoisotopic (exact) mass is 291 g/mol. The summed E-state index contributed by atoms with van der Waals surface area (Å²) in [6.07, 6.45) is 0. The van der Waals surface area contributed by atoms with Crippen molar-refractivity contribution in [3.8, 4) is 0 Å². The van der Waals surface area contributed by atoms with Gasteiger partial charge >= 0.3 is 5.97 Å². The Bertz CT molecular complexity index is 720. The molecule has 8 heteroatoms. The van der Waals surface area contributed by atoms with Crippen molar-refractivity contribution in [2.75, 3.05) is 6.54 Å². The Kier molecular flexibility index (Phi) is 3.63. The van der Waals surface area contributed by atoms with Crippen molar-refractivity contribution in [1.29, 1.82) is 0 Å². The lowest BCUT2D eigenvalue weighted by Gasteiger charge is -2.18. The molecule has 2 N–H and O–H groups in total. The van der Waals surface area contributed by atoms with E-state index in [9.17, 15) is 9.59 Å². The number of aliphatic carboxylic acids is 1. The van der Waals surface area contributed by atoms with E-state index in [1.54, 1.807) is 0 Å². The summed E-state index contributed by atoms with van der Waals surface area (Å²) in [5.74, 6) is -1.20. The standard InChI is InChI=1S/C13H17N5O3/c1-7-5-8(2)18-12(15-7)16-9(17-18)10(19)14-6-13(3,4)11(20)21/h5H,6H2,1-4H3,(H,14,19)(H,20,21). The predicted molar refractivity (Wildman–Crippen MR) is 74.0 cm³/mol. The zero-order valence-corrected chi connectivity index (χ0v) is 12.3. The van der Waals surface area contributed by atoms with E-state index >= 15 is 0 Å². The summed E-state index contributed by atoms with van der Waals surface area (Å²) < 4.78 is 1.48. The number of carbonyl (C=O) groups excluding carboxylic acids is 1. The molecule has 2 aromatic rings. The molecule has 0 saturated carbocycles. The molecule has 0 aliphatic rings. The molecule has 0 unspecified atom stereocenters. The van der Waals surface area contributed by atoms with Crippen molar-refractivity contribution >= 4 is 17.7 Å². The van der Waals surface area contributed by atoms with Crippen molar-refractivity contribution in [3.63, 3.8) is 0 Å². The van der Waals surface area contributed by atoms with Gasteiger partial charge in [0.15, 0.2) is 0 Å². The lowest BCUT2D eigenvalue weighted by Crippen LogP contribution is -2.39. The van der Waals surface area contributed by atoms with E-state index in [0.29, 0.717) is 5.78 Å². The van der Waals surface area contributed by atoms with Crippen LogP contribution in [0.5, 0.6) is 0 Å². The summed E-state index contributed by atoms with van der Waals surface area (Å²) in [5, 5.41) is 15.6. The highest BCUT2D eigenvalue weighted by molar-refractivity contribution is 5.91. The van der Waals surface area contributed by atoms with Crippen LogP contribution in [-0.2, 0) is 4.79 Å². The Morgan fingerprint density at radius 2 is 2.00 bits per heavy atom. The van der Waals surface area contributed by atoms with Crippen molar-refractivity contribution in [2.45, 2.75) is 27.7 Å². The van der Waals surface area contributed by atoms with Gasteiger partial charge in [-0.05, 0) is 33.8 Å². The molecule has 0 aromatic carbocycles. The fourth-order valence-corrected chi connectivity index (χ4v) is 1.72. The van der Waals surface area contributed by atoms with Crippen LogP contribution in [0.2, 0.25) is 0 Å². The third-order valence-corrected chi connectivity index (χ3v) is 3.09. The van der Waals surface area contributed by atoms with Crippen molar-refractivity contribution < 1.29 is 14.7 Å². The van der Waals surface area contributed by atoms with Crippen molar-refractivity contribution in [2.24, 2.45) is 5.41 Å². The number of hydrogen-bond acceptors (Lipinski definition) is 5. The maximum Gasteiger partial charge on any atom is 0.310 e. The summed E-state index contributed by atoms with van der Waals surface area (Å²) in [7, 11) is 0. The van der Waals surface area contributed by atoms with Gasteiger partial charge in [-0.25, -0.2) is 9.50 Å². The smallest absolute Gasteiger partial charge is 0.310 e. The van der Waals surface area contributed by atoms with Gasteiger partial charge in [0.1, 0.15) is 0 Å². The predicted octanol–water partition coefficient (Wildman–Crippen LogP) is 0.582. The minimum absolute atomic E-state index is 0.0117. The van der Waals surface area contributed by atoms with E-state index in [2.05, 4.69) is 20.4 Å². The third-order valence-electron chi connectivity index (χ3n) is 3.09. The molecule has 21 heavy (non-hydrogen) atoms. The second kappa shape index (κ2) is 5.12. The molecular formula is C13H17N5O3. The summed E-state index contributed by atoms with van der Waals surface area (Å²) in [6, 6.07) is 1.83. The SMILES string of the molecule is Cc1cc(C)n2nc(C(=O)NCC(C)(C)C(=O)O)nc2n1. The molecular weight excluding hydrogens is 274 g/mol. The highest BCUT2D eigenvalue weighted by atomic mass is 16.4. The molecule has 0 radical (unpaired) electrons. The van der Waals surface area contributed by atoms with Gasteiger partial charge in [0, 0.05) is 17.9 Å². The number of rotatable bonds is 4. The fourth-order valence-electron chi connectivity index (χ4n) is 1.72. The number of carbonyl (C=O) groups is 2. The minimum atomic E-state index is -1.06. The molecule has 0 atom stereocenters. The van der Waals surface area contributed by atoms with Crippen LogP contribution >= 0.6 is 0 Å². The average Bonchev–Trinajstić information content (AvgIpc) is 2.80. The molecule has 112 valence electrons. The van der Waals surface area contributed by atoms with Crippen LogP contribution in [0, 0.1) is 19.3 Å². The van der Waals surface area contributed by atoms with Gasteiger partial charge in [0.25, 0.3) is 11.7 Å². The van der Waals surface area contributed by atoms with E-state index in [1.165, 1.54) is 18.4 Å². The van der Waals surface area contributed by atoms with Crippen LogP contribution in [0.1, 0.15) is 35.9 Å². The second-order valence-electron chi connectivity index (χ2n) is 5.56. The number of fused-ring (bicyclic) bond motifs is 1. The molecule has 0 saturated heterocycles. The van der Waals surface area contributed by atoms with E-state index in [4.69, 9.17) is 5.11 Å². The van der Waals surface area contributed by atoms with Crippen LogP contribution < -0.4 is 5.32 Å². The molecule has 2 aromatic heterocycles. The first kappa shape index (κ1) is 14.9. The van der Waals surface area contributed by atoms with Gasteiger partial charge in [-0.2, -0.15) is 4.98 Å². The summed E-state index contributed by atoms with van der Waals surface area (Å²) in [6.45, 7) is 6.72. The van der Waals surface area contributed by atoms with E-state index in [0.717, 1.165) is 11.4 Å². The molecule has 8 nitrogen and oxygen atoms in total. The Labute approximate surface area is 121 Å². The Morgan fingerprint density at radius 1 is 1.33 bits per heavy atom. The zero-order valence-electron chi connectivity index (χ0n) is 12.3. The van der Waals surface area contributed by atoms with Crippen LogP contribution in [-0.4, -0.2) is 43.1 Å². The number of carboxylic acids is 1. The van der Waals surface area contributed by atoms with Crippen LogP contribution in [0.15, 0.2) is 6.07 Å². The van der Waals surface area contributed by atoms with E-state index in [-0.39, 0.29) is 12.4 Å². The van der Waals surface area contributed by atoms with Gasteiger partial charge < -0.3 is 10.4 Å². The first-order chi connectivity index (χ1) is 9.70. The highest BCUT2D eigenvalue weighted by Gasteiger charge is 2.28. The number of aromatic nitrogens is 4. The molecule has 0 aliphatic carbocycles. The number of nitrogens with zero attached hydrogens (tertiary/aromatic N) is 4. The molecule has 0 spiro atoms. The van der Waals surface area contributed by atoms with Crippen molar-refractivity contribution in [1.82, 2.24) is 24.9 Å². The molecule has 0 aliphatic heterocycles. The van der Waals surface area contributed by atoms with E-state index < -0.39 is 17.3 Å². The first-order valence-electron chi connectivity index (χ1n) is 6.43. The van der Waals surface area contributed by atoms with Gasteiger partial charge in [0.05, 0.1) is 5.41 Å². The Morgan fingerprint density at radius 3 is 2.62 bits per heavy atom. The van der Waals surface area contributed by atoms with Crippen LogP contribution in [0.4, 0.5) is 0 Å². The number of hydrogen-bond donors (Lipinski definition) is 2. The molecule has 0 fully saturated rings. The van der Waals surface area contributed by atoms with Gasteiger partial charge in [-0.15, -0.1) is 5.10 Å². The second-order valence-corrected chi connectivity index (χ2v) is 5.56. The maximum atomic E-state index is 12.0. The highest BCUT2D eigenvalue weighted by Crippen LogP contribution is 2.13. The van der Waals surface area contributed by atoms with E-state index in [1.807, 2.05) is 19.9 Å². The summed E-state index contributed by atoms with van der Waals surface area (Å²) in [5.41, 5.74) is 0.542. The molecule has 0 bridgehead atoms. The zero-order chi connectivity index (χ0) is 15.8. The van der Waals surface area contributed by atoms with Crippen molar-refractivity contribution in [3.05, 3.63) is 23.3 Å². The fraction of sp³-hybridized carbons (Fsp3) is 0.462. The largest absolute Gasteiger partial charge is 0.481 e. The topological polar surface area (TPSA) is 109 Å². The Balaban J connectivity index is 2.21. The number of nitrogens with one attached hydrogen (secondary N) is 1. The quantitative estimate of drug-likeness (QED) is 0.852. The number of amides is 1. The van der Waals surface area contributed by atoms with Gasteiger partial charge in [-0.1, -0.05) is 0 Å². The van der Waals surface area contributed by atoms with Crippen LogP contribution in [0.3, 0.4) is 0 Å². The first-order valence-corrected chi connectivity index (χ1v) is 6.43. The normalized spacial score (nSPS) is 11.6. The van der Waals surface area contributed by atoms with Gasteiger partial charge in [0.2, 0.25) is 5.82 Å². The molecule has 2 rings (SSSR count). The van der Waals surface area contributed by atoms with Crippen LogP contribution in [0.25, 0.3) is 5.78 Å². The number of carboxylic acid groups (broad SMARTS) is 1. The molecule has 1 amide bonds. The Hall–Kier alpha value is -2.51. The van der Waals surface area contributed by atoms with Gasteiger partial charge in [-0.3, -0.25) is 9.59 Å². The lowest BCUT2D eigenvalue weighted by atomic mass is 9.94. The number of aryl methyl sites for hydroxylation is 2. The minimum Gasteiger partial charge on any atom is -0.481 e. The summed E-state index contributed by atoms with van der Waals surface area (Å²) in [4.78, 5) is 31.3. The lowest BCUT2D eigenvalue weighted by molar-refractivity contribution is -0.146. The maximum absolute atomic E-state index is 12.0. The third kappa shape index (κ3) is 2.99. The molecule has 2 heterocycles. The average molecular weight is 291 g/mol.